The third kappa shape index (κ3) is 3.13. The second kappa shape index (κ2) is 5.70. The predicted octanol–water partition coefficient (Wildman–Crippen LogP) is 4.01. The molecule has 1 aromatic heterocycles. The molecule has 0 atom stereocenters. The third-order valence-corrected chi connectivity index (χ3v) is 4.14. The van der Waals surface area contributed by atoms with E-state index < -0.39 is 0 Å². The van der Waals surface area contributed by atoms with Crippen LogP contribution in [0.15, 0.2) is 34.9 Å². The largest absolute Gasteiger partial charge is 0.310 e. The summed E-state index contributed by atoms with van der Waals surface area (Å²) in [6, 6.07) is 9.20. The molecule has 2 aromatic rings. The van der Waals surface area contributed by atoms with Crippen molar-refractivity contribution in [2.75, 3.05) is 0 Å². The molecule has 0 aliphatic heterocycles. The molecule has 4 heteroatoms. The third-order valence-electron chi connectivity index (χ3n) is 3.65. The van der Waals surface area contributed by atoms with E-state index in [9.17, 15) is 0 Å². The first-order valence-corrected chi connectivity index (χ1v) is 8.00. The van der Waals surface area contributed by atoms with Gasteiger partial charge in [-0.3, -0.25) is 0 Å². The summed E-state index contributed by atoms with van der Waals surface area (Å²) in [4.78, 5) is 0. The van der Waals surface area contributed by atoms with Crippen LogP contribution in [-0.4, -0.2) is 15.8 Å². The van der Waals surface area contributed by atoms with E-state index in [1.807, 2.05) is 4.68 Å². The molecular formula is C16H20BrN3. The van der Waals surface area contributed by atoms with E-state index >= 15 is 0 Å². The van der Waals surface area contributed by atoms with Gasteiger partial charge >= 0.3 is 0 Å². The summed E-state index contributed by atoms with van der Waals surface area (Å²) >= 11 is 3.56. The number of nitrogens with zero attached hydrogens (tertiary/aromatic N) is 2. The molecule has 0 bridgehead atoms. The highest BCUT2D eigenvalue weighted by molar-refractivity contribution is 9.10. The summed E-state index contributed by atoms with van der Waals surface area (Å²) in [5.41, 5.74) is 3.58. The second-order valence-corrected chi connectivity index (χ2v) is 6.68. The van der Waals surface area contributed by atoms with Crippen molar-refractivity contribution < 1.29 is 0 Å². The van der Waals surface area contributed by atoms with Gasteiger partial charge in [0.2, 0.25) is 0 Å². The zero-order valence-corrected chi connectivity index (χ0v) is 13.5. The van der Waals surface area contributed by atoms with Gasteiger partial charge in [0.15, 0.2) is 0 Å². The van der Waals surface area contributed by atoms with Gasteiger partial charge in [-0.2, -0.15) is 5.10 Å². The second-order valence-electron chi connectivity index (χ2n) is 5.77. The molecule has 1 aliphatic rings. The first-order chi connectivity index (χ1) is 9.63. The molecule has 1 saturated carbocycles. The summed E-state index contributed by atoms with van der Waals surface area (Å²) in [5, 5.41) is 8.26. The molecule has 0 amide bonds. The smallest absolute Gasteiger partial charge is 0.0691 e. The zero-order chi connectivity index (χ0) is 14.1. The van der Waals surface area contributed by atoms with Crippen molar-refractivity contribution in [1.29, 1.82) is 0 Å². The molecule has 20 heavy (non-hydrogen) atoms. The molecule has 1 aliphatic carbocycles. The quantitative estimate of drug-likeness (QED) is 0.895. The van der Waals surface area contributed by atoms with E-state index in [2.05, 4.69) is 70.7 Å². The highest BCUT2D eigenvalue weighted by Crippen LogP contribution is 2.24. The maximum Gasteiger partial charge on any atom is 0.0691 e. The van der Waals surface area contributed by atoms with Crippen LogP contribution in [0.4, 0.5) is 0 Å². The number of hydrogen-bond donors (Lipinski definition) is 1. The lowest BCUT2D eigenvalue weighted by atomic mass is 10.1. The molecule has 0 unspecified atom stereocenters. The van der Waals surface area contributed by atoms with Crippen LogP contribution in [0.25, 0.3) is 5.69 Å². The van der Waals surface area contributed by atoms with Crippen LogP contribution in [-0.2, 0) is 6.54 Å². The molecule has 0 spiro atoms. The Labute approximate surface area is 128 Å². The number of aromatic nitrogens is 2. The van der Waals surface area contributed by atoms with Crippen LogP contribution in [0.1, 0.15) is 43.9 Å². The lowest BCUT2D eigenvalue weighted by Gasteiger charge is -2.11. The summed E-state index contributed by atoms with van der Waals surface area (Å²) < 4.78 is 3.11. The van der Waals surface area contributed by atoms with Gasteiger partial charge in [-0.15, -0.1) is 0 Å². The normalized spacial score (nSPS) is 15.0. The highest BCUT2D eigenvalue weighted by atomic mass is 79.9. The van der Waals surface area contributed by atoms with Gasteiger partial charge in [-0.1, -0.05) is 29.8 Å². The molecule has 3 nitrogen and oxygen atoms in total. The Morgan fingerprint density at radius 2 is 2.15 bits per heavy atom. The zero-order valence-electron chi connectivity index (χ0n) is 11.9. The predicted molar refractivity (Wildman–Crippen MR) is 85.2 cm³/mol. The summed E-state index contributed by atoms with van der Waals surface area (Å²) in [6.07, 6.45) is 4.67. The van der Waals surface area contributed by atoms with Crippen molar-refractivity contribution in [3.63, 3.8) is 0 Å². The van der Waals surface area contributed by atoms with Crippen molar-refractivity contribution in [2.45, 2.75) is 45.2 Å². The lowest BCUT2D eigenvalue weighted by Crippen LogP contribution is -2.17. The van der Waals surface area contributed by atoms with Crippen LogP contribution < -0.4 is 5.32 Å². The number of nitrogens with one attached hydrogen (secondary N) is 1. The van der Waals surface area contributed by atoms with Gasteiger partial charge in [0, 0.05) is 23.3 Å². The highest BCUT2D eigenvalue weighted by Gasteiger charge is 2.20. The van der Waals surface area contributed by atoms with Crippen LogP contribution in [0, 0.1) is 0 Å². The SMILES string of the molecule is CC(C)c1ccn(-c2ccc(Br)cc2CNC2CC2)n1. The minimum atomic E-state index is 0.458. The van der Waals surface area contributed by atoms with Gasteiger partial charge in [0.25, 0.3) is 0 Å². The van der Waals surface area contributed by atoms with Gasteiger partial charge in [-0.05, 0) is 48.6 Å². The van der Waals surface area contributed by atoms with E-state index in [0.29, 0.717) is 12.0 Å². The summed E-state index contributed by atoms with van der Waals surface area (Å²) in [7, 11) is 0. The average molecular weight is 334 g/mol. The Morgan fingerprint density at radius 3 is 2.80 bits per heavy atom. The number of benzene rings is 1. The Morgan fingerprint density at radius 1 is 1.35 bits per heavy atom. The number of halogens is 1. The molecule has 0 saturated heterocycles. The van der Waals surface area contributed by atoms with E-state index in [-0.39, 0.29) is 0 Å². The molecule has 1 aromatic carbocycles. The molecule has 1 heterocycles. The van der Waals surface area contributed by atoms with Crippen molar-refractivity contribution in [2.24, 2.45) is 0 Å². The van der Waals surface area contributed by atoms with E-state index in [4.69, 9.17) is 0 Å². The van der Waals surface area contributed by atoms with Crippen LogP contribution in [0.3, 0.4) is 0 Å². The fraction of sp³-hybridized carbons (Fsp3) is 0.438. The number of hydrogen-bond acceptors (Lipinski definition) is 2. The molecule has 106 valence electrons. The van der Waals surface area contributed by atoms with Crippen LogP contribution >= 0.6 is 15.9 Å². The fourth-order valence-corrected chi connectivity index (χ4v) is 2.65. The van der Waals surface area contributed by atoms with Gasteiger partial charge in [-0.25, -0.2) is 4.68 Å². The Bertz CT molecular complexity index is 600. The van der Waals surface area contributed by atoms with Crippen LogP contribution in [0.5, 0.6) is 0 Å². The molecule has 0 radical (unpaired) electrons. The summed E-state index contributed by atoms with van der Waals surface area (Å²) in [6.45, 7) is 5.24. The van der Waals surface area contributed by atoms with Crippen molar-refractivity contribution in [3.8, 4) is 5.69 Å². The summed E-state index contributed by atoms with van der Waals surface area (Å²) in [5.74, 6) is 0.458. The van der Waals surface area contributed by atoms with Crippen molar-refractivity contribution >= 4 is 15.9 Å². The maximum absolute atomic E-state index is 4.69. The Balaban J connectivity index is 1.89. The van der Waals surface area contributed by atoms with Crippen LogP contribution in [0.2, 0.25) is 0 Å². The van der Waals surface area contributed by atoms with Gasteiger partial charge < -0.3 is 5.32 Å². The van der Waals surface area contributed by atoms with Crippen molar-refractivity contribution in [1.82, 2.24) is 15.1 Å². The molecular weight excluding hydrogens is 314 g/mol. The standard InChI is InChI=1S/C16H20BrN3/c1-11(2)15-7-8-20(19-15)16-6-3-13(17)9-12(16)10-18-14-4-5-14/h3,6-9,11,14,18H,4-5,10H2,1-2H3. The molecule has 1 N–H and O–H groups in total. The lowest BCUT2D eigenvalue weighted by molar-refractivity contribution is 0.678. The number of rotatable bonds is 5. The molecule has 3 rings (SSSR count). The topological polar surface area (TPSA) is 29.9 Å². The first-order valence-electron chi connectivity index (χ1n) is 7.21. The van der Waals surface area contributed by atoms with Gasteiger partial charge in [0.05, 0.1) is 11.4 Å². The monoisotopic (exact) mass is 333 g/mol. The van der Waals surface area contributed by atoms with E-state index in [1.54, 1.807) is 0 Å². The average Bonchev–Trinajstić information content (AvgIpc) is 3.11. The first kappa shape index (κ1) is 13.8. The van der Waals surface area contributed by atoms with Gasteiger partial charge in [0.1, 0.15) is 0 Å². The minimum absolute atomic E-state index is 0.458. The van der Waals surface area contributed by atoms with E-state index in [0.717, 1.165) is 22.4 Å². The Kier molecular flexibility index (Phi) is 3.94. The molecule has 1 fully saturated rings. The fourth-order valence-electron chi connectivity index (χ4n) is 2.24. The van der Waals surface area contributed by atoms with E-state index in [1.165, 1.54) is 18.4 Å². The minimum Gasteiger partial charge on any atom is -0.310 e. The Hall–Kier alpha value is -1.13. The maximum atomic E-state index is 4.69. The van der Waals surface area contributed by atoms with Crippen molar-refractivity contribution in [3.05, 3.63) is 46.2 Å².